The van der Waals surface area contributed by atoms with E-state index in [0.29, 0.717) is 12.6 Å². The number of methoxy groups -OCH3 is 1. The molecule has 0 amide bonds. The van der Waals surface area contributed by atoms with Crippen molar-refractivity contribution >= 4 is 5.96 Å². The zero-order valence-corrected chi connectivity index (χ0v) is 18.4. The van der Waals surface area contributed by atoms with Gasteiger partial charge in [-0.05, 0) is 39.8 Å². The molecular weight excluding hydrogens is 350 g/mol. The number of likely N-dealkylation sites (N-methyl/N-ethyl adjacent to an activating group) is 1. The molecule has 6 nitrogen and oxygen atoms in total. The SMILES string of the molecule is CCNC(=NCC(C)(C)OC)NCCCN1CCN(C)CC1c1ccccc1. The van der Waals surface area contributed by atoms with Crippen molar-refractivity contribution in [1.29, 1.82) is 0 Å². The van der Waals surface area contributed by atoms with Gasteiger partial charge in [0.2, 0.25) is 0 Å². The number of nitrogens with one attached hydrogen (secondary N) is 2. The van der Waals surface area contributed by atoms with Gasteiger partial charge in [0.15, 0.2) is 5.96 Å². The zero-order chi connectivity index (χ0) is 20.4. The summed E-state index contributed by atoms with van der Waals surface area (Å²) in [6.07, 6.45) is 1.09. The van der Waals surface area contributed by atoms with Gasteiger partial charge in [-0.25, -0.2) is 0 Å². The molecule has 2 N–H and O–H groups in total. The van der Waals surface area contributed by atoms with Crippen LogP contribution in [0.4, 0.5) is 0 Å². The lowest BCUT2D eigenvalue weighted by molar-refractivity contribution is 0.0310. The number of piperazine rings is 1. The van der Waals surface area contributed by atoms with Crippen LogP contribution in [0.3, 0.4) is 0 Å². The Morgan fingerprint density at radius 2 is 1.96 bits per heavy atom. The van der Waals surface area contributed by atoms with E-state index >= 15 is 0 Å². The van der Waals surface area contributed by atoms with Gasteiger partial charge in [-0.3, -0.25) is 9.89 Å². The first-order valence-electron chi connectivity index (χ1n) is 10.5. The van der Waals surface area contributed by atoms with Gasteiger partial charge < -0.3 is 20.3 Å². The molecule has 2 rings (SSSR count). The average Bonchev–Trinajstić information content (AvgIpc) is 2.70. The van der Waals surface area contributed by atoms with Crippen LogP contribution in [-0.2, 0) is 4.74 Å². The van der Waals surface area contributed by atoms with Crippen molar-refractivity contribution in [2.24, 2.45) is 4.99 Å². The second-order valence-corrected chi connectivity index (χ2v) is 8.16. The van der Waals surface area contributed by atoms with Crippen molar-refractivity contribution in [3.05, 3.63) is 35.9 Å². The van der Waals surface area contributed by atoms with Crippen LogP contribution in [0.2, 0.25) is 0 Å². The van der Waals surface area contributed by atoms with Crippen molar-refractivity contribution in [3.8, 4) is 0 Å². The maximum atomic E-state index is 5.46. The molecule has 0 aromatic heterocycles. The Balaban J connectivity index is 1.85. The van der Waals surface area contributed by atoms with E-state index < -0.39 is 0 Å². The van der Waals surface area contributed by atoms with E-state index in [2.05, 4.69) is 83.6 Å². The minimum Gasteiger partial charge on any atom is -0.377 e. The molecule has 1 atom stereocenters. The fraction of sp³-hybridized carbons (Fsp3) is 0.682. The van der Waals surface area contributed by atoms with E-state index in [1.807, 2.05) is 0 Å². The van der Waals surface area contributed by atoms with E-state index in [9.17, 15) is 0 Å². The highest BCUT2D eigenvalue weighted by atomic mass is 16.5. The highest BCUT2D eigenvalue weighted by Gasteiger charge is 2.25. The Hall–Kier alpha value is -1.63. The molecule has 1 heterocycles. The Morgan fingerprint density at radius 1 is 1.21 bits per heavy atom. The number of nitrogens with zero attached hydrogens (tertiary/aromatic N) is 3. The lowest BCUT2D eigenvalue weighted by Crippen LogP contribution is -2.47. The number of hydrogen-bond donors (Lipinski definition) is 2. The predicted molar refractivity (Wildman–Crippen MR) is 118 cm³/mol. The van der Waals surface area contributed by atoms with Gasteiger partial charge in [0, 0.05) is 52.4 Å². The first-order chi connectivity index (χ1) is 13.4. The van der Waals surface area contributed by atoms with Crippen LogP contribution in [0.25, 0.3) is 0 Å². The number of rotatable bonds is 9. The van der Waals surface area contributed by atoms with Gasteiger partial charge in [-0.2, -0.15) is 0 Å². The van der Waals surface area contributed by atoms with Crippen LogP contribution in [0, 0.1) is 0 Å². The smallest absolute Gasteiger partial charge is 0.191 e. The largest absolute Gasteiger partial charge is 0.377 e. The van der Waals surface area contributed by atoms with Crippen molar-refractivity contribution in [2.75, 3.05) is 60.0 Å². The van der Waals surface area contributed by atoms with Gasteiger partial charge in [-0.15, -0.1) is 0 Å². The van der Waals surface area contributed by atoms with Gasteiger partial charge in [0.25, 0.3) is 0 Å². The van der Waals surface area contributed by atoms with Crippen LogP contribution in [0.15, 0.2) is 35.3 Å². The first kappa shape index (κ1) is 22.7. The normalized spacial score (nSPS) is 19.6. The van der Waals surface area contributed by atoms with Crippen LogP contribution < -0.4 is 10.6 Å². The molecule has 1 fully saturated rings. The molecule has 1 saturated heterocycles. The highest BCUT2D eigenvalue weighted by Crippen LogP contribution is 2.24. The fourth-order valence-corrected chi connectivity index (χ4v) is 3.38. The molecule has 1 aromatic carbocycles. The molecule has 0 bridgehead atoms. The molecule has 0 spiro atoms. The quantitative estimate of drug-likeness (QED) is 0.386. The van der Waals surface area contributed by atoms with E-state index in [1.165, 1.54) is 5.56 Å². The van der Waals surface area contributed by atoms with Crippen LogP contribution in [0.5, 0.6) is 0 Å². The molecule has 0 aliphatic carbocycles. The number of aliphatic imine (C=N–C) groups is 1. The summed E-state index contributed by atoms with van der Waals surface area (Å²) in [5.41, 5.74) is 1.17. The molecule has 1 aliphatic rings. The lowest BCUT2D eigenvalue weighted by Gasteiger charge is -2.40. The van der Waals surface area contributed by atoms with Crippen molar-refractivity contribution in [2.45, 2.75) is 38.8 Å². The topological polar surface area (TPSA) is 52.1 Å². The number of guanidine groups is 1. The molecule has 0 radical (unpaired) electrons. The average molecular weight is 390 g/mol. The summed E-state index contributed by atoms with van der Waals surface area (Å²) in [6.45, 7) is 13.0. The minimum absolute atomic E-state index is 0.245. The second-order valence-electron chi connectivity index (χ2n) is 8.16. The van der Waals surface area contributed by atoms with E-state index in [-0.39, 0.29) is 5.60 Å². The Labute approximate surface area is 171 Å². The van der Waals surface area contributed by atoms with Crippen LogP contribution in [-0.4, -0.2) is 81.3 Å². The summed E-state index contributed by atoms with van der Waals surface area (Å²) in [7, 11) is 3.95. The Kier molecular flexibility index (Phi) is 9.22. The summed E-state index contributed by atoms with van der Waals surface area (Å²) in [5.74, 6) is 0.866. The third-order valence-corrected chi connectivity index (χ3v) is 5.31. The maximum Gasteiger partial charge on any atom is 0.191 e. The van der Waals surface area contributed by atoms with E-state index in [4.69, 9.17) is 4.74 Å². The maximum absolute atomic E-state index is 5.46. The van der Waals surface area contributed by atoms with Gasteiger partial charge >= 0.3 is 0 Å². The molecule has 6 heteroatoms. The monoisotopic (exact) mass is 389 g/mol. The number of hydrogen-bond acceptors (Lipinski definition) is 4. The van der Waals surface area contributed by atoms with Crippen LogP contribution >= 0.6 is 0 Å². The summed E-state index contributed by atoms with van der Waals surface area (Å²) < 4.78 is 5.46. The lowest BCUT2D eigenvalue weighted by atomic mass is 10.0. The third kappa shape index (κ3) is 7.41. The fourth-order valence-electron chi connectivity index (χ4n) is 3.38. The Bertz CT molecular complexity index is 590. The summed E-state index contributed by atoms with van der Waals surface area (Å²) >= 11 is 0. The standard InChI is InChI=1S/C22H39N5O/c1-6-23-21(25-18-22(2,3)28-5)24-13-10-14-27-16-15-26(4)17-20(27)19-11-8-7-9-12-19/h7-9,11-12,20H,6,10,13-18H2,1-5H3,(H2,23,24,25). The summed E-state index contributed by atoms with van der Waals surface area (Å²) in [4.78, 5) is 9.71. The van der Waals surface area contributed by atoms with Crippen molar-refractivity contribution in [3.63, 3.8) is 0 Å². The molecule has 0 saturated carbocycles. The first-order valence-corrected chi connectivity index (χ1v) is 10.5. The summed E-state index contributed by atoms with van der Waals surface area (Å²) in [5, 5.41) is 6.79. The van der Waals surface area contributed by atoms with Crippen LogP contribution in [0.1, 0.15) is 38.8 Å². The predicted octanol–water partition coefficient (Wildman–Crippen LogP) is 2.35. The number of benzene rings is 1. The summed E-state index contributed by atoms with van der Waals surface area (Å²) in [6, 6.07) is 11.4. The van der Waals surface area contributed by atoms with E-state index in [0.717, 1.165) is 51.6 Å². The minimum atomic E-state index is -0.245. The second kappa shape index (κ2) is 11.4. The van der Waals surface area contributed by atoms with Crippen molar-refractivity contribution in [1.82, 2.24) is 20.4 Å². The molecule has 28 heavy (non-hydrogen) atoms. The molecule has 1 unspecified atom stereocenters. The van der Waals surface area contributed by atoms with Gasteiger partial charge in [0.05, 0.1) is 12.1 Å². The van der Waals surface area contributed by atoms with Crippen molar-refractivity contribution < 1.29 is 4.74 Å². The molecule has 1 aliphatic heterocycles. The molecule has 158 valence electrons. The van der Waals surface area contributed by atoms with E-state index in [1.54, 1.807) is 7.11 Å². The molecular formula is C22H39N5O. The highest BCUT2D eigenvalue weighted by molar-refractivity contribution is 5.79. The number of ether oxygens (including phenoxy) is 1. The third-order valence-electron chi connectivity index (χ3n) is 5.31. The zero-order valence-electron chi connectivity index (χ0n) is 18.4. The molecule has 1 aromatic rings. The van der Waals surface area contributed by atoms with Gasteiger partial charge in [-0.1, -0.05) is 30.3 Å². The Morgan fingerprint density at radius 3 is 2.64 bits per heavy atom. The van der Waals surface area contributed by atoms with Gasteiger partial charge in [0.1, 0.15) is 0 Å².